The monoisotopic (exact) mass is 204 g/mol. The van der Waals surface area contributed by atoms with Crippen molar-refractivity contribution in [2.75, 3.05) is 6.61 Å². The average Bonchev–Trinajstić information content (AvgIpc) is 2.28. The molecule has 4 heteroatoms. The first-order valence-corrected chi connectivity index (χ1v) is 4.47. The zero-order valence-electron chi connectivity index (χ0n) is 8.56. The molecule has 1 aromatic carbocycles. The van der Waals surface area contributed by atoms with Gasteiger partial charge >= 0.3 is 5.97 Å². The molecular weight excluding hydrogens is 192 g/mol. The van der Waals surface area contributed by atoms with E-state index < -0.39 is 0 Å². The fraction of sp³-hybridized carbons (Fsp3) is 0.182. The number of rotatable bonds is 4. The van der Waals surface area contributed by atoms with E-state index in [9.17, 15) is 4.79 Å². The Hall–Kier alpha value is -1.97. The molecule has 0 aromatic heterocycles. The van der Waals surface area contributed by atoms with Crippen molar-refractivity contribution in [2.24, 2.45) is 9.98 Å². The van der Waals surface area contributed by atoms with Gasteiger partial charge in [-0.3, -0.25) is 9.98 Å². The van der Waals surface area contributed by atoms with Crippen molar-refractivity contribution >= 4 is 30.8 Å². The van der Waals surface area contributed by atoms with Crippen LogP contribution in [0.1, 0.15) is 17.3 Å². The molecule has 0 saturated heterocycles. The van der Waals surface area contributed by atoms with Crippen LogP contribution in [0.4, 0.5) is 11.4 Å². The van der Waals surface area contributed by atoms with Crippen molar-refractivity contribution < 1.29 is 9.53 Å². The molecule has 0 fully saturated rings. The maximum Gasteiger partial charge on any atom is 0.338 e. The normalized spacial score (nSPS) is 9.40. The van der Waals surface area contributed by atoms with Crippen LogP contribution in [-0.4, -0.2) is 26.0 Å². The molecule has 0 heterocycles. The third-order valence-corrected chi connectivity index (χ3v) is 1.83. The van der Waals surface area contributed by atoms with Crippen LogP contribution in [0.25, 0.3) is 0 Å². The number of nitrogens with zero attached hydrogens (tertiary/aromatic N) is 2. The van der Waals surface area contributed by atoms with Gasteiger partial charge < -0.3 is 4.74 Å². The zero-order valence-corrected chi connectivity index (χ0v) is 8.56. The Kier molecular flexibility index (Phi) is 3.74. The Morgan fingerprint density at radius 3 is 2.53 bits per heavy atom. The molecule has 0 amide bonds. The summed E-state index contributed by atoms with van der Waals surface area (Å²) in [6.07, 6.45) is 0. The number of hydrogen-bond acceptors (Lipinski definition) is 4. The minimum atomic E-state index is -0.377. The Morgan fingerprint density at radius 1 is 1.33 bits per heavy atom. The van der Waals surface area contributed by atoms with Crippen molar-refractivity contribution in [1.29, 1.82) is 0 Å². The lowest BCUT2D eigenvalue weighted by molar-refractivity contribution is 0.0526. The maximum absolute atomic E-state index is 11.4. The molecule has 15 heavy (non-hydrogen) atoms. The Morgan fingerprint density at radius 2 is 2.00 bits per heavy atom. The standard InChI is InChI=1S/C11H12N2O2/c1-4-15-11(14)8-5-6-9(12-2)10(7-8)13-3/h5-7H,2-4H2,1H3. The number of aliphatic imine (C=N–C) groups is 2. The smallest absolute Gasteiger partial charge is 0.338 e. The van der Waals surface area contributed by atoms with E-state index in [4.69, 9.17) is 4.74 Å². The second kappa shape index (κ2) is 5.05. The summed E-state index contributed by atoms with van der Waals surface area (Å²) in [5.74, 6) is -0.377. The largest absolute Gasteiger partial charge is 0.462 e. The maximum atomic E-state index is 11.4. The fourth-order valence-electron chi connectivity index (χ4n) is 1.13. The van der Waals surface area contributed by atoms with Crippen LogP contribution in [0.15, 0.2) is 28.2 Å². The molecule has 1 rings (SSSR count). The number of benzene rings is 1. The third-order valence-electron chi connectivity index (χ3n) is 1.83. The summed E-state index contributed by atoms with van der Waals surface area (Å²) >= 11 is 0. The highest BCUT2D eigenvalue weighted by atomic mass is 16.5. The molecule has 0 bridgehead atoms. The fourth-order valence-corrected chi connectivity index (χ4v) is 1.13. The summed E-state index contributed by atoms with van der Waals surface area (Å²) in [5, 5.41) is 0. The van der Waals surface area contributed by atoms with Crippen LogP contribution >= 0.6 is 0 Å². The van der Waals surface area contributed by atoms with Gasteiger partial charge in [0.2, 0.25) is 0 Å². The summed E-state index contributed by atoms with van der Waals surface area (Å²) in [6.45, 7) is 8.89. The van der Waals surface area contributed by atoms with Gasteiger partial charge in [-0.15, -0.1) is 0 Å². The zero-order chi connectivity index (χ0) is 11.3. The molecule has 0 aliphatic heterocycles. The minimum Gasteiger partial charge on any atom is -0.462 e. The number of carbonyl (C=O) groups excluding carboxylic acids is 1. The van der Waals surface area contributed by atoms with Crippen LogP contribution in [-0.2, 0) is 4.74 Å². The van der Waals surface area contributed by atoms with Gasteiger partial charge in [0.25, 0.3) is 0 Å². The molecule has 1 aromatic rings. The van der Waals surface area contributed by atoms with Crippen LogP contribution in [0.2, 0.25) is 0 Å². The first-order chi connectivity index (χ1) is 7.22. The summed E-state index contributed by atoms with van der Waals surface area (Å²) in [7, 11) is 0. The molecule has 78 valence electrons. The summed E-state index contributed by atoms with van der Waals surface area (Å²) < 4.78 is 4.85. The topological polar surface area (TPSA) is 51.0 Å². The van der Waals surface area contributed by atoms with Crippen LogP contribution < -0.4 is 0 Å². The lowest BCUT2D eigenvalue weighted by atomic mass is 10.2. The molecule has 0 N–H and O–H groups in total. The third kappa shape index (κ3) is 2.49. The first-order valence-electron chi connectivity index (χ1n) is 4.47. The van der Waals surface area contributed by atoms with Gasteiger partial charge in [-0.05, 0) is 38.6 Å². The van der Waals surface area contributed by atoms with E-state index in [2.05, 4.69) is 23.4 Å². The molecule has 0 aliphatic rings. The molecule has 0 atom stereocenters. The number of carbonyl (C=O) groups is 1. The number of esters is 1. The van der Waals surface area contributed by atoms with Gasteiger partial charge in [-0.2, -0.15) is 0 Å². The summed E-state index contributed by atoms with van der Waals surface area (Å²) in [6, 6.07) is 4.86. The van der Waals surface area contributed by atoms with Gasteiger partial charge in [-0.25, -0.2) is 4.79 Å². The second-order valence-corrected chi connectivity index (χ2v) is 2.74. The number of hydrogen-bond donors (Lipinski definition) is 0. The van der Waals surface area contributed by atoms with Gasteiger partial charge in [0, 0.05) is 0 Å². The highest BCUT2D eigenvalue weighted by molar-refractivity contribution is 5.91. The van der Waals surface area contributed by atoms with Crippen molar-refractivity contribution in [2.45, 2.75) is 6.92 Å². The van der Waals surface area contributed by atoms with Gasteiger partial charge in [0.15, 0.2) is 0 Å². The number of ether oxygens (including phenoxy) is 1. The van der Waals surface area contributed by atoms with E-state index >= 15 is 0 Å². The van der Waals surface area contributed by atoms with Gasteiger partial charge in [0.05, 0.1) is 23.5 Å². The SMILES string of the molecule is C=Nc1ccc(C(=O)OCC)cc1N=C. The first kappa shape index (κ1) is 11.1. The molecule has 0 saturated carbocycles. The van der Waals surface area contributed by atoms with E-state index in [1.54, 1.807) is 25.1 Å². The van der Waals surface area contributed by atoms with E-state index in [0.29, 0.717) is 23.5 Å². The van der Waals surface area contributed by atoms with Gasteiger partial charge in [-0.1, -0.05) is 0 Å². The molecule has 4 nitrogen and oxygen atoms in total. The highest BCUT2D eigenvalue weighted by Crippen LogP contribution is 2.28. The molecule has 0 spiro atoms. The molecule has 0 radical (unpaired) electrons. The van der Waals surface area contributed by atoms with Crippen LogP contribution in [0.5, 0.6) is 0 Å². The van der Waals surface area contributed by atoms with E-state index in [1.165, 1.54) is 0 Å². The average molecular weight is 204 g/mol. The van der Waals surface area contributed by atoms with Crippen molar-refractivity contribution in [1.82, 2.24) is 0 Å². The van der Waals surface area contributed by atoms with Crippen molar-refractivity contribution in [3.63, 3.8) is 0 Å². The van der Waals surface area contributed by atoms with Crippen LogP contribution in [0.3, 0.4) is 0 Å². The van der Waals surface area contributed by atoms with E-state index in [0.717, 1.165) is 0 Å². The quantitative estimate of drug-likeness (QED) is 0.559. The van der Waals surface area contributed by atoms with E-state index in [1.807, 2.05) is 0 Å². The Bertz CT molecular complexity index is 400. The molecule has 0 unspecified atom stereocenters. The lowest BCUT2D eigenvalue weighted by Gasteiger charge is -2.04. The summed E-state index contributed by atoms with van der Waals surface area (Å²) in [4.78, 5) is 18.9. The summed E-state index contributed by atoms with van der Waals surface area (Å²) in [5.41, 5.74) is 1.56. The highest BCUT2D eigenvalue weighted by Gasteiger charge is 2.08. The second-order valence-electron chi connectivity index (χ2n) is 2.74. The van der Waals surface area contributed by atoms with Crippen molar-refractivity contribution in [3.05, 3.63) is 23.8 Å². The Labute approximate surface area is 88.3 Å². The van der Waals surface area contributed by atoms with Gasteiger partial charge in [0.1, 0.15) is 0 Å². The van der Waals surface area contributed by atoms with Crippen molar-refractivity contribution in [3.8, 4) is 0 Å². The van der Waals surface area contributed by atoms with E-state index in [-0.39, 0.29) is 5.97 Å². The Balaban J connectivity index is 3.07. The minimum absolute atomic E-state index is 0.344. The molecule has 0 aliphatic carbocycles. The predicted molar refractivity (Wildman–Crippen MR) is 60.8 cm³/mol. The van der Waals surface area contributed by atoms with Crippen LogP contribution in [0, 0.1) is 0 Å². The lowest BCUT2D eigenvalue weighted by Crippen LogP contribution is -2.03. The predicted octanol–water partition coefficient (Wildman–Crippen LogP) is 2.53. The molecular formula is C11H12N2O2.